The molecule has 0 aromatic heterocycles. The molecule has 1 rings (SSSR count). The van der Waals surface area contributed by atoms with Gasteiger partial charge in [-0.3, -0.25) is 4.79 Å². The summed E-state index contributed by atoms with van der Waals surface area (Å²) >= 11 is 4.94. The molecule has 3 nitrogen and oxygen atoms in total. The predicted octanol–water partition coefficient (Wildman–Crippen LogP) is 3.29. The monoisotopic (exact) mass is 330 g/mol. The largest absolute Gasteiger partial charge is 0.399 e. The minimum atomic E-state index is 0.0735. The van der Waals surface area contributed by atoms with Crippen LogP contribution in [-0.2, 0) is 4.79 Å². The van der Waals surface area contributed by atoms with Crippen LogP contribution in [0, 0.1) is 5.92 Å². The summed E-state index contributed by atoms with van der Waals surface area (Å²) in [6.07, 6.45) is 1.02. The van der Waals surface area contributed by atoms with Gasteiger partial charge in [0.15, 0.2) is 0 Å². The molecule has 0 aliphatic rings. The molecule has 0 heterocycles. The number of nitrogens with one attached hydrogen (secondary N) is 1. The summed E-state index contributed by atoms with van der Waals surface area (Å²) in [5.74, 6) is 1.12. The number of halogens is 1. The lowest BCUT2D eigenvalue weighted by atomic mass is 10.1. The lowest BCUT2D eigenvalue weighted by molar-refractivity contribution is -0.118. The van der Waals surface area contributed by atoms with E-state index in [9.17, 15) is 4.79 Å². The second-order valence-electron chi connectivity index (χ2n) is 4.51. The van der Waals surface area contributed by atoms with Crippen molar-refractivity contribution in [3.63, 3.8) is 0 Å². The summed E-state index contributed by atoms with van der Waals surface area (Å²) in [6, 6.07) is 5.61. The predicted molar refractivity (Wildman–Crippen MR) is 81.7 cm³/mol. The highest BCUT2D eigenvalue weighted by atomic mass is 79.9. The van der Waals surface area contributed by atoms with Gasteiger partial charge in [0, 0.05) is 21.6 Å². The van der Waals surface area contributed by atoms with Crippen LogP contribution in [0.25, 0.3) is 0 Å². The molecule has 0 fully saturated rings. The van der Waals surface area contributed by atoms with E-state index >= 15 is 0 Å². The number of rotatable bonds is 6. The molecule has 0 spiro atoms. The fraction of sp³-hybridized carbons (Fsp3) is 0.462. The van der Waals surface area contributed by atoms with Gasteiger partial charge < -0.3 is 11.1 Å². The van der Waals surface area contributed by atoms with Crippen LogP contribution in [0.4, 0.5) is 5.69 Å². The standard InChI is InChI=1S/C13H19BrN2OS/c1-9(2)5-6-16-13(17)8-18-12-4-3-10(15)7-11(12)14/h3-4,7,9H,5-6,8,15H2,1-2H3,(H,16,17). The first-order valence-electron chi connectivity index (χ1n) is 5.93. The van der Waals surface area contributed by atoms with Crippen LogP contribution in [0.2, 0.25) is 0 Å². The maximum Gasteiger partial charge on any atom is 0.230 e. The summed E-state index contributed by atoms with van der Waals surface area (Å²) in [4.78, 5) is 12.6. The third-order valence-electron chi connectivity index (χ3n) is 2.36. The number of hydrogen-bond acceptors (Lipinski definition) is 3. The van der Waals surface area contributed by atoms with Crippen molar-refractivity contribution in [2.75, 3.05) is 18.0 Å². The summed E-state index contributed by atoms with van der Waals surface area (Å²) in [5.41, 5.74) is 6.37. The highest BCUT2D eigenvalue weighted by Gasteiger charge is 2.06. The molecule has 0 bridgehead atoms. The fourth-order valence-corrected chi connectivity index (χ4v) is 2.82. The van der Waals surface area contributed by atoms with Crippen molar-refractivity contribution in [1.82, 2.24) is 5.32 Å². The van der Waals surface area contributed by atoms with E-state index in [1.807, 2.05) is 18.2 Å². The second-order valence-corrected chi connectivity index (χ2v) is 6.38. The van der Waals surface area contributed by atoms with E-state index in [0.29, 0.717) is 17.4 Å². The Morgan fingerprint density at radius 1 is 1.50 bits per heavy atom. The molecule has 5 heteroatoms. The van der Waals surface area contributed by atoms with Crippen molar-refractivity contribution >= 4 is 39.3 Å². The van der Waals surface area contributed by atoms with Gasteiger partial charge in [-0.05, 0) is 46.5 Å². The normalized spacial score (nSPS) is 10.7. The van der Waals surface area contributed by atoms with E-state index in [1.54, 1.807) is 0 Å². The zero-order valence-corrected chi connectivity index (χ0v) is 13.1. The Kier molecular flexibility index (Phi) is 6.57. The van der Waals surface area contributed by atoms with Crippen molar-refractivity contribution in [1.29, 1.82) is 0 Å². The number of carbonyl (C=O) groups excluding carboxylic acids is 1. The van der Waals surface area contributed by atoms with Crippen molar-refractivity contribution in [3.05, 3.63) is 22.7 Å². The van der Waals surface area contributed by atoms with Gasteiger partial charge in [0.05, 0.1) is 5.75 Å². The number of carbonyl (C=O) groups is 1. The third-order valence-corrected chi connectivity index (χ3v) is 4.35. The quantitative estimate of drug-likeness (QED) is 0.621. The molecule has 0 aliphatic carbocycles. The molecule has 0 saturated carbocycles. The van der Waals surface area contributed by atoms with Crippen LogP contribution in [0.3, 0.4) is 0 Å². The average molecular weight is 331 g/mol. The topological polar surface area (TPSA) is 55.1 Å². The minimum Gasteiger partial charge on any atom is -0.399 e. The summed E-state index contributed by atoms with van der Waals surface area (Å²) in [6.45, 7) is 5.04. The van der Waals surface area contributed by atoms with Crippen LogP contribution < -0.4 is 11.1 Å². The number of nitrogens with two attached hydrogens (primary N) is 1. The number of benzene rings is 1. The molecule has 3 N–H and O–H groups in total. The van der Waals surface area contributed by atoms with E-state index in [0.717, 1.165) is 22.3 Å². The van der Waals surface area contributed by atoms with Crippen molar-refractivity contribution in [2.24, 2.45) is 5.92 Å². The van der Waals surface area contributed by atoms with Gasteiger partial charge in [-0.25, -0.2) is 0 Å². The van der Waals surface area contributed by atoms with Crippen molar-refractivity contribution in [2.45, 2.75) is 25.2 Å². The van der Waals surface area contributed by atoms with Crippen LogP contribution in [0.5, 0.6) is 0 Å². The van der Waals surface area contributed by atoms with Gasteiger partial charge in [0.2, 0.25) is 5.91 Å². The second kappa shape index (κ2) is 7.69. The van der Waals surface area contributed by atoms with E-state index in [1.165, 1.54) is 11.8 Å². The summed E-state index contributed by atoms with van der Waals surface area (Å²) in [5, 5.41) is 2.92. The molecule has 0 radical (unpaired) electrons. The van der Waals surface area contributed by atoms with Crippen molar-refractivity contribution < 1.29 is 4.79 Å². The van der Waals surface area contributed by atoms with E-state index in [-0.39, 0.29) is 5.91 Å². The lowest BCUT2D eigenvalue weighted by Crippen LogP contribution is -2.26. The fourth-order valence-electron chi connectivity index (χ4n) is 1.33. The molecule has 1 aromatic carbocycles. The van der Waals surface area contributed by atoms with Crippen LogP contribution in [-0.4, -0.2) is 18.2 Å². The third kappa shape index (κ3) is 5.78. The average Bonchev–Trinajstić information content (AvgIpc) is 2.27. The number of nitrogen functional groups attached to an aromatic ring is 1. The lowest BCUT2D eigenvalue weighted by Gasteiger charge is -2.08. The summed E-state index contributed by atoms with van der Waals surface area (Å²) in [7, 11) is 0. The summed E-state index contributed by atoms with van der Waals surface area (Å²) < 4.78 is 0.933. The molecule has 0 unspecified atom stereocenters. The van der Waals surface area contributed by atoms with Gasteiger partial charge in [-0.1, -0.05) is 13.8 Å². The molecule has 0 saturated heterocycles. The highest BCUT2D eigenvalue weighted by Crippen LogP contribution is 2.28. The first-order valence-corrected chi connectivity index (χ1v) is 7.71. The molecular formula is C13H19BrN2OS. The molecule has 1 aromatic rings. The Balaban J connectivity index is 2.33. The Morgan fingerprint density at radius 2 is 2.22 bits per heavy atom. The number of anilines is 1. The number of amides is 1. The zero-order valence-electron chi connectivity index (χ0n) is 10.7. The van der Waals surface area contributed by atoms with Crippen molar-refractivity contribution in [3.8, 4) is 0 Å². The van der Waals surface area contributed by atoms with E-state index < -0.39 is 0 Å². The van der Waals surface area contributed by atoms with Gasteiger partial charge in [0.1, 0.15) is 0 Å². The number of thioether (sulfide) groups is 1. The Hall–Kier alpha value is -0.680. The van der Waals surface area contributed by atoms with Crippen LogP contribution in [0.15, 0.2) is 27.6 Å². The molecular weight excluding hydrogens is 312 g/mol. The van der Waals surface area contributed by atoms with Gasteiger partial charge >= 0.3 is 0 Å². The van der Waals surface area contributed by atoms with E-state index in [4.69, 9.17) is 5.73 Å². The molecule has 0 aliphatic heterocycles. The maximum atomic E-state index is 11.6. The first-order chi connectivity index (χ1) is 8.49. The Labute approximate surface area is 121 Å². The SMILES string of the molecule is CC(C)CCNC(=O)CSc1ccc(N)cc1Br. The van der Waals surface area contributed by atoms with Gasteiger partial charge in [0.25, 0.3) is 0 Å². The molecule has 0 atom stereocenters. The first kappa shape index (κ1) is 15.4. The minimum absolute atomic E-state index is 0.0735. The molecule has 18 heavy (non-hydrogen) atoms. The highest BCUT2D eigenvalue weighted by molar-refractivity contribution is 9.10. The van der Waals surface area contributed by atoms with Crippen LogP contribution in [0.1, 0.15) is 20.3 Å². The zero-order chi connectivity index (χ0) is 13.5. The smallest absolute Gasteiger partial charge is 0.230 e. The maximum absolute atomic E-state index is 11.6. The molecule has 100 valence electrons. The van der Waals surface area contributed by atoms with Crippen LogP contribution >= 0.6 is 27.7 Å². The number of hydrogen-bond donors (Lipinski definition) is 2. The van der Waals surface area contributed by atoms with Gasteiger partial charge in [-0.2, -0.15) is 0 Å². The molecule has 1 amide bonds. The Bertz CT molecular complexity index is 410. The van der Waals surface area contributed by atoms with E-state index in [2.05, 4.69) is 35.1 Å². The Morgan fingerprint density at radius 3 is 2.83 bits per heavy atom. The van der Waals surface area contributed by atoms with Gasteiger partial charge in [-0.15, -0.1) is 11.8 Å².